The standard InChI is InChI=1S/C15H24N2O2/c1-13-7-2-3-8-14(13)19-12-6-9-15(18)17-11-5-4-10-16/h2-3,7-8H,4-6,9-12,16H2,1H3,(H,17,18). The van der Waals surface area contributed by atoms with Crippen LogP contribution in [0.5, 0.6) is 5.75 Å². The van der Waals surface area contributed by atoms with E-state index in [9.17, 15) is 4.79 Å². The highest BCUT2D eigenvalue weighted by Crippen LogP contribution is 2.16. The molecule has 0 aliphatic heterocycles. The molecule has 0 fully saturated rings. The molecule has 1 amide bonds. The van der Waals surface area contributed by atoms with Crippen LogP contribution < -0.4 is 15.8 Å². The number of carbonyl (C=O) groups excluding carboxylic acids is 1. The number of hydrogen-bond donors (Lipinski definition) is 2. The van der Waals surface area contributed by atoms with Gasteiger partial charge in [-0.2, -0.15) is 0 Å². The Balaban J connectivity index is 2.07. The van der Waals surface area contributed by atoms with Gasteiger partial charge in [0.15, 0.2) is 0 Å². The first kappa shape index (κ1) is 15.5. The fourth-order valence-corrected chi connectivity index (χ4v) is 1.72. The Morgan fingerprint density at radius 2 is 2.05 bits per heavy atom. The molecule has 4 heteroatoms. The summed E-state index contributed by atoms with van der Waals surface area (Å²) < 4.78 is 5.63. The lowest BCUT2D eigenvalue weighted by Crippen LogP contribution is -2.25. The van der Waals surface area contributed by atoms with E-state index in [1.165, 1.54) is 0 Å². The Hall–Kier alpha value is -1.55. The van der Waals surface area contributed by atoms with Crippen LogP contribution in [0.4, 0.5) is 0 Å². The van der Waals surface area contributed by atoms with Crippen molar-refractivity contribution in [1.29, 1.82) is 0 Å². The van der Waals surface area contributed by atoms with Crippen molar-refractivity contribution in [3.8, 4) is 5.75 Å². The third-order valence-electron chi connectivity index (χ3n) is 2.85. The summed E-state index contributed by atoms with van der Waals surface area (Å²) in [6.07, 6.45) is 3.14. The molecule has 0 unspecified atom stereocenters. The number of para-hydroxylation sites is 1. The molecule has 0 aliphatic rings. The SMILES string of the molecule is Cc1ccccc1OCCCC(=O)NCCCCN. The third kappa shape index (κ3) is 6.82. The Labute approximate surface area is 115 Å². The van der Waals surface area contributed by atoms with E-state index in [-0.39, 0.29) is 5.91 Å². The topological polar surface area (TPSA) is 64.3 Å². The molecule has 1 rings (SSSR count). The molecule has 106 valence electrons. The van der Waals surface area contributed by atoms with Gasteiger partial charge >= 0.3 is 0 Å². The average molecular weight is 264 g/mol. The number of aryl methyl sites for hydroxylation is 1. The van der Waals surface area contributed by atoms with Gasteiger partial charge in [-0.1, -0.05) is 18.2 Å². The minimum absolute atomic E-state index is 0.0883. The molecule has 0 bridgehead atoms. The summed E-state index contributed by atoms with van der Waals surface area (Å²) >= 11 is 0. The van der Waals surface area contributed by atoms with E-state index < -0.39 is 0 Å². The normalized spacial score (nSPS) is 10.2. The molecule has 0 spiro atoms. The van der Waals surface area contributed by atoms with E-state index in [2.05, 4.69) is 5.32 Å². The number of rotatable bonds is 9. The fraction of sp³-hybridized carbons (Fsp3) is 0.533. The molecule has 3 N–H and O–H groups in total. The smallest absolute Gasteiger partial charge is 0.220 e. The third-order valence-corrected chi connectivity index (χ3v) is 2.85. The van der Waals surface area contributed by atoms with Gasteiger partial charge in [0.2, 0.25) is 5.91 Å². The lowest BCUT2D eigenvalue weighted by Gasteiger charge is -2.08. The zero-order chi connectivity index (χ0) is 13.9. The van der Waals surface area contributed by atoms with Crippen LogP contribution in [0, 0.1) is 6.92 Å². The summed E-state index contributed by atoms with van der Waals surface area (Å²) in [5.41, 5.74) is 6.50. The lowest BCUT2D eigenvalue weighted by molar-refractivity contribution is -0.121. The van der Waals surface area contributed by atoms with E-state index in [0.29, 0.717) is 26.1 Å². The van der Waals surface area contributed by atoms with Crippen molar-refractivity contribution in [1.82, 2.24) is 5.32 Å². The highest BCUT2D eigenvalue weighted by molar-refractivity contribution is 5.75. The molecule has 0 atom stereocenters. The molecule has 4 nitrogen and oxygen atoms in total. The van der Waals surface area contributed by atoms with Gasteiger partial charge in [0.25, 0.3) is 0 Å². The highest BCUT2D eigenvalue weighted by atomic mass is 16.5. The van der Waals surface area contributed by atoms with Crippen LogP contribution in [0.1, 0.15) is 31.2 Å². The summed E-state index contributed by atoms with van der Waals surface area (Å²) in [5, 5.41) is 2.88. The molecule has 0 saturated carbocycles. The largest absolute Gasteiger partial charge is 0.493 e. The zero-order valence-electron chi connectivity index (χ0n) is 11.7. The number of nitrogens with two attached hydrogens (primary N) is 1. The van der Waals surface area contributed by atoms with Crippen LogP contribution in [0.3, 0.4) is 0 Å². The maximum absolute atomic E-state index is 11.5. The maximum atomic E-state index is 11.5. The van der Waals surface area contributed by atoms with Crippen LogP contribution in [0.25, 0.3) is 0 Å². The van der Waals surface area contributed by atoms with Gasteiger partial charge in [-0.15, -0.1) is 0 Å². The molecule has 1 aromatic rings. The van der Waals surface area contributed by atoms with Crippen molar-refractivity contribution in [3.05, 3.63) is 29.8 Å². The average Bonchev–Trinajstić information content (AvgIpc) is 2.41. The second-order valence-corrected chi connectivity index (χ2v) is 4.56. The number of ether oxygens (including phenoxy) is 1. The van der Waals surface area contributed by atoms with Crippen LogP contribution >= 0.6 is 0 Å². The molecular weight excluding hydrogens is 240 g/mol. The lowest BCUT2D eigenvalue weighted by atomic mass is 10.2. The van der Waals surface area contributed by atoms with Gasteiger partial charge in [-0.3, -0.25) is 4.79 Å². The number of nitrogens with one attached hydrogen (secondary N) is 1. The fourth-order valence-electron chi connectivity index (χ4n) is 1.72. The summed E-state index contributed by atoms with van der Waals surface area (Å²) in [6, 6.07) is 7.89. The van der Waals surface area contributed by atoms with Crippen LogP contribution in [0.15, 0.2) is 24.3 Å². The summed E-state index contributed by atoms with van der Waals surface area (Å²) in [7, 11) is 0. The summed E-state index contributed by atoms with van der Waals surface area (Å²) in [6.45, 7) is 3.98. The number of carbonyl (C=O) groups is 1. The van der Waals surface area contributed by atoms with Gasteiger partial charge in [0.1, 0.15) is 5.75 Å². The minimum Gasteiger partial charge on any atom is -0.493 e. The molecule has 1 aromatic carbocycles. The number of unbranched alkanes of at least 4 members (excludes halogenated alkanes) is 1. The number of hydrogen-bond acceptors (Lipinski definition) is 3. The maximum Gasteiger partial charge on any atom is 0.220 e. The first-order valence-corrected chi connectivity index (χ1v) is 6.89. The Kier molecular flexibility index (Phi) is 7.66. The second-order valence-electron chi connectivity index (χ2n) is 4.56. The monoisotopic (exact) mass is 264 g/mol. The number of benzene rings is 1. The molecule has 0 aromatic heterocycles. The van der Waals surface area contributed by atoms with Crippen LogP contribution in [-0.2, 0) is 4.79 Å². The van der Waals surface area contributed by atoms with Gasteiger partial charge < -0.3 is 15.8 Å². The van der Waals surface area contributed by atoms with Crippen molar-refractivity contribution in [2.45, 2.75) is 32.6 Å². The molecular formula is C15H24N2O2. The molecule has 19 heavy (non-hydrogen) atoms. The quantitative estimate of drug-likeness (QED) is 0.671. The summed E-state index contributed by atoms with van der Waals surface area (Å²) in [5.74, 6) is 0.983. The minimum atomic E-state index is 0.0883. The van der Waals surface area contributed by atoms with Crippen LogP contribution in [-0.4, -0.2) is 25.6 Å². The molecule has 0 heterocycles. The molecule has 0 saturated heterocycles. The van der Waals surface area contributed by atoms with Gasteiger partial charge in [-0.05, 0) is 44.4 Å². The van der Waals surface area contributed by atoms with Crippen molar-refractivity contribution in [3.63, 3.8) is 0 Å². The first-order chi connectivity index (χ1) is 9.24. The predicted molar refractivity (Wildman–Crippen MR) is 77.2 cm³/mol. The summed E-state index contributed by atoms with van der Waals surface area (Å²) in [4.78, 5) is 11.5. The van der Waals surface area contributed by atoms with E-state index in [4.69, 9.17) is 10.5 Å². The van der Waals surface area contributed by atoms with Crippen molar-refractivity contribution < 1.29 is 9.53 Å². The molecule has 0 aliphatic carbocycles. The molecule has 0 radical (unpaired) electrons. The van der Waals surface area contributed by atoms with Crippen molar-refractivity contribution >= 4 is 5.91 Å². The Morgan fingerprint density at radius 3 is 2.79 bits per heavy atom. The van der Waals surface area contributed by atoms with Crippen molar-refractivity contribution in [2.75, 3.05) is 19.7 Å². The zero-order valence-corrected chi connectivity index (χ0v) is 11.7. The predicted octanol–water partition coefficient (Wildman–Crippen LogP) is 2.01. The van der Waals surface area contributed by atoms with Gasteiger partial charge in [0.05, 0.1) is 6.61 Å². The Bertz CT molecular complexity index is 380. The van der Waals surface area contributed by atoms with E-state index >= 15 is 0 Å². The number of amides is 1. The van der Waals surface area contributed by atoms with E-state index in [1.807, 2.05) is 31.2 Å². The van der Waals surface area contributed by atoms with Gasteiger partial charge in [0, 0.05) is 13.0 Å². The van der Waals surface area contributed by atoms with Crippen molar-refractivity contribution in [2.24, 2.45) is 5.73 Å². The highest BCUT2D eigenvalue weighted by Gasteiger charge is 2.01. The van der Waals surface area contributed by atoms with Gasteiger partial charge in [-0.25, -0.2) is 0 Å². The first-order valence-electron chi connectivity index (χ1n) is 6.89. The van der Waals surface area contributed by atoms with Crippen LogP contribution in [0.2, 0.25) is 0 Å². The van der Waals surface area contributed by atoms with E-state index in [1.54, 1.807) is 0 Å². The van der Waals surface area contributed by atoms with E-state index in [0.717, 1.165) is 30.6 Å². The Morgan fingerprint density at radius 1 is 1.26 bits per heavy atom. The second kappa shape index (κ2) is 9.39.